The minimum absolute atomic E-state index is 0.250. The maximum atomic E-state index is 12.8. The van der Waals surface area contributed by atoms with Crippen molar-refractivity contribution in [1.82, 2.24) is 9.38 Å². The molecule has 1 N–H and O–H groups in total. The molecule has 0 aliphatic carbocycles. The number of anilines is 1. The topological polar surface area (TPSA) is 46.4 Å². The van der Waals surface area contributed by atoms with Crippen molar-refractivity contribution in [3.8, 4) is 0 Å². The van der Waals surface area contributed by atoms with Crippen LogP contribution in [0.1, 0.15) is 11.3 Å². The fourth-order valence-corrected chi connectivity index (χ4v) is 2.12. The Morgan fingerprint density at radius 1 is 1.18 bits per heavy atom. The van der Waals surface area contributed by atoms with Gasteiger partial charge >= 0.3 is 0 Å². The van der Waals surface area contributed by atoms with Crippen LogP contribution in [-0.4, -0.2) is 15.3 Å². The third-order valence-electron chi connectivity index (χ3n) is 3.14. The monoisotopic (exact) mass is 295 g/mol. The zero-order valence-corrected chi connectivity index (χ0v) is 12.0. The number of imidazole rings is 1. The quantitative estimate of drug-likeness (QED) is 0.752. The molecular formula is C17H14FN3O. The van der Waals surface area contributed by atoms with Gasteiger partial charge in [0.2, 0.25) is 5.91 Å². The Bertz CT molecular complexity index is 850. The molecule has 0 aliphatic heterocycles. The summed E-state index contributed by atoms with van der Waals surface area (Å²) < 4.78 is 14.6. The summed E-state index contributed by atoms with van der Waals surface area (Å²) in [6, 6.07) is 9.57. The van der Waals surface area contributed by atoms with E-state index >= 15 is 0 Å². The van der Waals surface area contributed by atoms with Crippen molar-refractivity contribution in [2.24, 2.45) is 0 Å². The van der Waals surface area contributed by atoms with Crippen LogP contribution in [0.2, 0.25) is 0 Å². The SMILES string of the molecule is Cc1cn2cc(NC(=O)/C=C/c3ccc(F)cc3)ccc2n1. The number of amides is 1. The first-order valence-electron chi connectivity index (χ1n) is 6.80. The standard InChI is InChI=1S/C17H14FN3O/c1-12-10-21-11-15(7-8-16(21)19-12)20-17(22)9-4-13-2-5-14(18)6-3-13/h2-11H,1H3,(H,20,22)/b9-4+. The second kappa shape index (κ2) is 5.81. The van der Waals surface area contributed by atoms with Crippen LogP contribution < -0.4 is 5.32 Å². The van der Waals surface area contributed by atoms with Crippen LogP contribution in [0.25, 0.3) is 11.7 Å². The first kappa shape index (κ1) is 14.0. The molecule has 0 spiro atoms. The smallest absolute Gasteiger partial charge is 0.248 e. The molecule has 4 nitrogen and oxygen atoms in total. The highest BCUT2D eigenvalue weighted by Gasteiger charge is 2.01. The average molecular weight is 295 g/mol. The number of benzene rings is 1. The van der Waals surface area contributed by atoms with Crippen molar-refractivity contribution >= 4 is 23.3 Å². The average Bonchev–Trinajstić information content (AvgIpc) is 2.86. The summed E-state index contributed by atoms with van der Waals surface area (Å²) in [5.41, 5.74) is 3.19. The van der Waals surface area contributed by atoms with Crippen molar-refractivity contribution in [3.63, 3.8) is 0 Å². The number of aryl methyl sites for hydroxylation is 1. The van der Waals surface area contributed by atoms with Crippen LogP contribution in [0.4, 0.5) is 10.1 Å². The van der Waals surface area contributed by atoms with Crippen molar-refractivity contribution in [2.75, 3.05) is 5.32 Å². The highest BCUT2D eigenvalue weighted by atomic mass is 19.1. The molecule has 0 unspecified atom stereocenters. The van der Waals surface area contributed by atoms with Gasteiger partial charge in [-0.25, -0.2) is 9.37 Å². The molecular weight excluding hydrogens is 281 g/mol. The van der Waals surface area contributed by atoms with Gasteiger partial charge in [-0.1, -0.05) is 12.1 Å². The molecule has 2 heterocycles. The zero-order chi connectivity index (χ0) is 15.5. The second-order valence-electron chi connectivity index (χ2n) is 4.94. The summed E-state index contributed by atoms with van der Waals surface area (Å²) >= 11 is 0. The summed E-state index contributed by atoms with van der Waals surface area (Å²) in [6.07, 6.45) is 6.74. The number of hydrogen-bond donors (Lipinski definition) is 1. The third-order valence-corrected chi connectivity index (χ3v) is 3.14. The number of carbonyl (C=O) groups excluding carboxylic acids is 1. The van der Waals surface area contributed by atoms with Gasteiger partial charge in [-0.15, -0.1) is 0 Å². The predicted molar refractivity (Wildman–Crippen MR) is 84.0 cm³/mol. The molecule has 0 atom stereocenters. The number of aromatic nitrogens is 2. The molecule has 22 heavy (non-hydrogen) atoms. The number of fused-ring (bicyclic) bond motifs is 1. The van der Waals surface area contributed by atoms with Gasteiger partial charge in [-0.3, -0.25) is 4.79 Å². The van der Waals surface area contributed by atoms with E-state index in [4.69, 9.17) is 0 Å². The highest BCUT2D eigenvalue weighted by Crippen LogP contribution is 2.12. The molecule has 0 bridgehead atoms. The first-order valence-corrected chi connectivity index (χ1v) is 6.80. The van der Waals surface area contributed by atoms with Crippen LogP contribution in [-0.2, 0) is 4.79 Å². The molecule has 3 rings (SSSR count). The molecule has 3 aromatic rings. The molecule has 0 saturated carbocycles. The minimum atomic E-state index is -0.300. The Balaban J connectivity index is 1.70. The lowest BCUT2D eigenvalue weighted by Crippen LogP contribution is -2.08. The Morgan fingerprint density at radius 2 is 1.95 bits per heavy atom. The van der Waals surface area contributed by atoms with E-state index in [0.29, 0.717) is 5.69 Å². The number of rotatable bonds is 3. The second-order valence-corrected chi connectivity index (χ2v) is 4.94. The van der Waals surface area contributed by atoms with E-state index < -0.39 is 0 Å². The maximum Gasteiger partial charge on any atom is 0.248 e. The summed E-state index contributed by atoms with van der Waals surface area (Å²) in [7, 11) is 0. The van der Waals surface area contributed by atoms with Gasteiger partial charge < -0.3 is 9.72 Å². The van der Waals surface area contributed by atoms with Crippen LogP contribution >= 0.6 is 0 Å². The van der Waals surface area contributed by atoms with Crippen LogP contribution in [0.5, 0.6) is 0 Å². The molecule has 0 radical (unpaired) electrons. The Kier molecular flexibility index (Phi) is 3.70. The Labute approximate surface area is 126 Å². The number of nitrogens with zero attached hydrogens (tertiary/aromatic N) is 2. The van der Waals surface area contributed by atoms with Crippen molar-refractivity contribution in [3.05, 3.63) is 71.9 Å². The van der Waals surface area contributed by atoms with Gasteiger partial charge in [0.05, 0.1) is 11.4 Å². The molecule has 0 fully saturated rings. The molecule has 0 saturated heterocycles. The summed E-state index contributed by atoms with van der Waals surface area (Å²) in [4.78, 5) is 16.2. The summed E-state index contributed by atoms with van der Waals surface area (Å²) in [5.74, 6) is -0.550. The van der Waals surface area contributed by atoms with E-state index in [1.807, 2.05) is 23.6 Å². The van der Waals surface area contributed by atoms with Gasteiger partial charge in [0.15, 0.2) is 0 Å². The predicted octanol–water partition coefficient (Wildman–Crippen LogP) is 3.43. The van der Waals surface area contributed by atoms with Gasteiger partial charge in [-0.05, 0) is 42.8 Å². The number of hydrogen-bond acceptors (Lipinski definition) is 2. The van der Waals surface area contributed by atoms with Gasteiger partial charge in [-0.2, -0.15) is 0 Å². The largest absolute Gasteiger partial charge is 0.321 e. The summed E-state index contributed by atoms with van der Waals surface area (Å²) in [6.45, 7) is 1.91. The van der Waals surface area contributed by atoms with Crippen molar-refractivity contribution in [2.45, 2.75) is 6.92 Å². The van der Waals surface area contributed by atoms with Gasteiger partial charge in [0, 0.05) is 18.5 Å². The highest BCUT2D eigenvalue weighted by molar-refractivity contribution is 6.01. The molecule has 5 heteroatoms. The lowest BCUT2D eigenvalue weighted by atomic mass is 10.2. The van der Waals surface area contributed by atoms with Gasteiger partial charge in [0.1, 0.15) is 11.5 Å². The molecule has 1 aromatic carbocycles. The number of pyridine rings is 1. The minimum Gasteiger partial charge on any atom is -0.321 e. The molecule has 1 amide bonds. The van der Waals surface area contributed by atoms with Gasteiger partial charge in [0.25, 0.3) is 0 Å². The van der Waals surface area contributed by atoms with E-state index in [0.717, 1.165) is 16.9 Å². The number of carbonyl (C=O) groups is 1. The van der Waals surface area contributed by atoms with E-state index in [1.165, 1.54) is 18.2 Å². The molecule has 110 valence electrons. The van der Waals surface area contributed by atoms with E-state index in [2.05, 4.69) is 10.3 Å². The Morgan fingerprint density at radius 3 is 2.73 bits per heavy atom. The fraction of sp³-hybridized carbons (Fsp3) is 0.0588. The van der Waals surface area contributed by atoms with E-state index in [1.54, 1.807) is 30.5 Å². The van der Waals surface area contributed by atoms with Crippen LogP contribution in [0, 0.1) is 12.7 Å². The molecule has 0 aliphatic rings. The first-order chi connectivity index (χ1) is 10.6. The Hall–Kier alpha value is -2.95. The van der Waals surface area contributed by atoms with Crippen LogP contribution in [0.3, 0.4) is 0 Å². The van der Waals surface area contributed by atoms with E-state index in [-0.39, 0.29) is 11.7 Å². The number of halogens is 1. The van der Waals surface area contributed by atoms with Crippen molar-refractivity contribution < 1.29 is 9.18 Å². The maximum absolute atomic E-state index is 12.8. The zero-order valence-electron chi connectivity index (χ0n) is 12.0. The normalized spacial score (nSPS) is 11.2. The lowest BCUT2D eigenvalue weighted by Gasteiger charge is -2.02. The van der Waals surface area contributed by atoms with Crippen molar-refractivity contribution in [1.29, 1.82) is 0 Å². The van der Waals surface area contributed by atoms with E-state index in [9.17, 15) is 9.18 Å². The summed E-state index contributed by atoms with van der Waals surface area (Å²) in [5, 5.41) is 2.78. The van der Waals surface area contributed by atoms with Crippen LogP contribution in [0.15, 0.2) is 54.9 Å². The molecule has 2 aromatic heterocycles. The third kappa shape index (κ3) is 3.20. The fourth-order valence-electron chi connectivity index (χ4n) is 2.12. The number of nitrogens with one attached hydrogen (secondary N) is 1. The lowest BCUT2D eigenvalue weighted by molar-refractivity contribution is -0.111.